The third-order valence-electron chi connectivity index (χ3n) is 2.27. The van der Waals surface area contributed by atoms with Crippen LogP contribution in [0.5, 0.6) is 0 Å². The van der Waals surface area contributed by atoms with Gasteiger partial charge < -0.3 is 10.1 Å². The zero-order chi connectivity index (χ0) is 13.5. The quantitative estimate of drug-likeness (QED) is 0.742. The number of hydrogen-bond donors (Lipinski definition) is 1. The van der Waals surface area contributed by atoms with Crippen LogP contribution in [0, 0.1) is 0 Å². The van der Waals surface area contributed by atoms with Gasteiger partial charge >= 0.3 is 0 Å². The predicted octanol–water partition coefficient (Wildman–Crippen LogP) is 3.63. The van der Waals surface area contributed by atoms with Crippen LogP contribution in [0.1, 0.15) is 16.8 Å². The van der Waals surface area contributed by atoms with Crippen molar-refractivity contribution < 1.29 is 9.53 Å². The van der Waals surface area contributed by atoms with Crippen LogP contribution >= 0.6 is 43.5 Å². The van der Waals surface area contributed by atoms with Crippen molar-refractivity contribution in [3.8, 4) is 0 Å². The van der Waals surface area contributed by atoms with Crippen molar-refractivity contribution in [2.45, 2.75) is 11.2 Å². The van der Waals surface area contributed by atoms with Crippen LogP contribution in [0.2, 0.25) is 5.02 Å². The molecule has 1 rings (SSSR count). The van der Waals surface area contributed by atoms with Crippen molar-refractivity contribution in [2.75, 3.05) is 20.3 Å². The van der Waals surface area contributed by atoms with Gasteiger partial charge in [0.1, 0.15) is 0 Å². The summed E-state index contributed by atoms with van der Waals surface area (Å²) in [7, 11) is 1.65. The zero-order valence-electron chi connectivity index (χ0n) is 9.88. The van der Waals surface area contributed by atoms with Gasteiger partial charge in [-0.25, -0.2) is 0 Å². The largest absolute Gasteiger partial charge is 0.384 e. The average Bonchev–Trinajstić information content (AvgIpc) is 2.33. The van der Waals surface area contributed by atoms with Crippen LogP contribution in [0.15, 0.2) is 22.7 Å². The number of rotatable bonds is 6. The monoisotopic (exact) mass is 397 g/mol. The first kappa shape index (κ1) is 16.0. The number of carbonyl (C=O) groups excluding carboxylic acids is 1. The summed E-state index contributed by atoms with van der Waals surface area (Å²) in [6, 6.07) is 5.10. The predicted molar refractivity (Wildman–Crippen MR) is 80.7 cm³/mol. The lowest BCUT2D eigenvalue weighted by Gasteiger charge is -2.09. The van der Waals surface area contributed by atoms with Gasteiger partial charge in [0.05, 0.1) is 11.6 Å². The van der Waals surface area contributed by atoms with Gasteiger partial charge in [-0.2, -0.15) is 0 Å². The SMILES string of the molecule is COCC(Br)CCNC(=O)c1ccc(Cl)c(Br)c1. The number of methoxy groups -OCH3 is 1. The Labute approximate surface area is 128 Å². The minimum atomic E-state index is -0.107. The van der Waals surface area contributed by atoms with Crippen LogP contribution in [-0.2, 0) is 4.74 Å². The van der Waals surface area contributed by atoms with Crippen molar-refractivity contribution in [3.05, 3.63) is 33.3 Å². The van der Waals surface area contributed by atoms with E-state index in [-0.39, 0.29) is 10.7 Å². The molecule has 1 aromatic rings. The van der Waals surface area contributed by atoms with Gasteiger partial charge in [0.25, 0.3) is 5.91 Å². The first-order chi connectivity index (χ1) is 8.54. The molecule has 0 spiro atoms. The highest BCUT2D eigenvalue weighted by Crippen LogP contribution is 2.23. The topological polar surface area (TPSA) is 38.3 Å². The fourth-order valence-electron chi connectivity index (χ4n) is 1.35. The first-order valence-electron chi connectivity index (χ1n) is 5.41. The molecule has 0 aliphatic rings. The highest BCUT2D eigenvalue weighted by Gasteiger charge is 2.08. The third-order valence-corrected chi connectivity index (χ3v) is 4.21. The number of halogens is 3. The second-order valence-electron chi connectivity index (χ2n) is 3.73. The summed E-state index contributed by atoms with van der Waals surface area (Å²) in [6.07, 6.45) is 0.814. The molecule has 0 bridgehead atoms. The zero-order valence-corrected chi connectivity index (χ0v) is 13.8. The molecule has 0 aromatic heterocycles. The van der Waals surface area contributed by atoms with E-state index in [0.717, 1.165) is 10.9 Å². The molecular weight excluding hydrogens is 385 g/mol. The Morgan fingerprint density at radius 2 is 2.28 bits per heavy atom. The number of alkyl halides is 1. The smallest absolute Gasteiger partial charge is 0.251 e. The Morgan fingerprint density at radius 3 is 2.89 bits per heavy atom. The van der Waals surface area contributed by atoms with Crippen LogP contribution in [0.3, 0.4) is 0 Å². The van der Waals surface area contributed by atoms with Gasteiger partial charge in [-0.05, 0) is 40.5 Å². The molecule has 1 unspecified atom stereocenters. The van der Waals surface area contributed by atoms with E-state index in [4.69, 9.17) is 16.3 Å². The minimum absolute atomic E-state index is 0.107. The Morgan fingerprint density at radius 1 is 1.56 bits per heavy atom. The van der Waals surface area contributed by atoms with Gasteiger partial charge in [-0.3, -0.25) is 4.79 Å². The number of nitrogens with one attached hydrogen (secondary N) is 1. The fourth-order valence-corrected chi connectivity index (χ4v) is 2.34. The molecule has 1 aromatic carbocycles. The average molecular weight is 400 g/mol. The molecule has 1 amide bonds. The Balaban J connectivity index is 2.43. The van der Waals surface area contributed by atoms with E-state index in [1.807, 2.05) is 0 Å². The van der Waals surface area contributed by atoms with Crippen LogP contribution in [0.25, 0.3) is 0 Å². The molecule has 0 aliphatic heterocycles. The molecule has 6 heteroatoms. The number of benzene rings is 1. The fraction of sp³-hybridized carbons (Fsp3) is 0.417. The highest BCUT2D eigenvalue weighted by atomic mass is 79.9. The maximum atomic E-state index is 11.8. The molecule has 100 valence electrons. The van der Waals surface area contributed by atoms with Crippen LogP contribution in [-0.4, -0.2) is 31.0 Å². The van der Waals surface area contributed by atoms with E-state index >= 15 is 0 Å². The number of ether oxygens (including phenoxy) is 1. The van der Waals surface area contributed by atoms with Crippen molar-refractivity contribution in [3.63, 3.8) is 0 Å². The molecule has 3 nitrogen and oxygen atoms in total. The minimum Gasteiger partial charge on any atom is -0.384 e. The van der Waals surface area contributed by atoms with E-state index < -0.39 is 0 Å². The van der Waals surface area contributed by atoms with Gasteiger partial charge in [0.15, 0.2) is 0 Å². The molecule has 0 saturated heterocycles. The Bertz CT molecular complexity index is 415. The van der Waals surface area contributed by atoms with Crippen LogP contribution < -0.4 is 5.32 Å². The summed E-state index contributed by atoms with van der Waals surface area (Å²) in [5.41, 5.74) is 0.587. The van der Waals surface area contributed by atoms with Crippen molar-refractivity contribution in [1.82, 2.24) is 5.32 Å². The van der Waals surface area contributed by atoms with Crippen LogP contribution in [0.4, 0.5) is 0 Å². The maximum absolute atomic E-state index is 11.8. The lowest BCUT2D eigenvalue weighted by Crippen LogP contribution is -2.26. The van der Waals surface area contributed by atoms with E-state index in [0.29, 0.717) is 23.7 Å². The number of amides is 1. The third kappa shape index (κ3) is 5.26. The number of carbonyl (C=O) groups is 1. The van der Waals surface area contributed by atoms with E-state index in [2.05, 4.69) is 37.2 Å². The molecule has 0 aliphatic carbocycles. The molecule has 0 radical (unpaired) electrons. The van der Waals surface area contributed by atoms with E-state index in [1.165, 1.54) is 0 Å². The second kappa shape index (κ2) is 8.15. The van der Waals surface area contributed by atoms with Crippen molar-refractivity contribution in [2.24, 2.45) is 0 Å². The Kier molecular flexibility index (Phi) is 7.22. The summed E-state index contributed by atoms with van der Waals surface area (Å²) in [6.45, 7) is 1.22. The molecule has 1 atom stereocenters. The normalized spacial score (nSPS) is 12.2. The van der Waals surface area contributed by atoms with E-state index in [9.17, 15) is 4.79 Å². The number of hydrogen-bond acceptors (Lipinski definition) is 2. The maximum Gasteiger partial charge on any atom is 0.251 e. The lowest BCUT2D eigenvalue weighted by atomic mass is 10.2. The lowest BCUT2D eigenvalue weighted by molar-refractivity contribution is 0.0952. The van der Waals surface area contributed by atoms with E-state index in [1.54, 1.807) is 25.3 Å². The molecule has 0 saturated carbocycles. The van der Waals surface area contributed by atoms with Gasteiger partial charge in [0, 0.05) is 28.5 Å². The molecular formula is C12H14Br2ClNO2. The Hall–Kier alpha value is -0.100. The van der Waals surface area contributed by atoms with Crippen molar-refractivity contribution in [1.29, 1.82) is 0 Å². The molecule has 1 N–H and O–H groups in total. The molecule has 0 fully saturated rings. The summed E-state index contributed by atoms with van der Waals surface area (Å²) in [5, 5.41) is 3.44. The molecule has 0 heterocycles. The van der Waals surface area contributed by atoms with Gasteiger partial charge in [0.2, 0.25) is 0 Å². The van der Waals surface area contributed by atoms with Crippen molar-refractivity contribution >= 4 is 49.4 Å². The summed E-state index contributed by atoms with van der Waals surface area (Å²) in [4.78, 5) is 12.1. The first-order valence-corrected chi connectivity index (χ1v) is 7.49. The van der Waals surface area contributed by atoms with Gasteiger partial charge in [-0.1, -0.05) is 27.5 Å². The summed E-state index contributed by atoms with van der Waals surface area (Å²) >= 11 is 12.6. The summed E-state index contributed by atoms with van der Waals surface area (Å²) in [5.74, 6) is -0.107. The highest BCUT2D eigenvalue weighted by molar-refractivity contribution is 9.10. The van der Waals surface area contributed by atoms with Gasteiger partial charge in [-0.15, -0.1) is 0 Å². The second-order valence-corrected chi connectivity index (χ2v) is 6.28. The molecule has 18 heavy (non-hydrogen) atoms. The summed E-state index contributed by atoms with van der Waals surface area (Å²) < 4.78 is 5.71. The standard InChI is InChI=1S/C12H14Br2ClNO2/c1-18-7-9(13)4-5-16-12(17)8-2-3-11(15)10(14)6-8/h2-3,6,9H,4-5,7H2,1H3,(H,16,17).